The Hall–Kier alpha value is -1.49. The number of fused-ring (bicyclic) bond motifs is 2. The molecule has 3 rings (SSSR count). The highest BCUT2D eigenvalue weighted by Gasteiger charge is 2.36. The molecule has 2 unspecified atom stereocenters. The van der Waals surface area contributed by atoms with Crippen molar-refractivity contribution in [3.8, 4) is 0 Å². The summed E-state index contributed by atoms with van der Waals surface area (Å²) in [7, 11) is 0. The number of nitrogens with zero attached hydrogens (tertiary/aromatic N) is 2. The maximum Gasteiger partial charge on any atom is 0.182 e. The van der Waals surface area contributed by atoms with E-state index in [1.165, 1.54) is 6.21 Å². The van der Waals surface area contributed by atoms with Gasteiger partial charge in [0.2, 0.25) is 0 Å². The molecule has 72 valence electrons. The summed E-state index contributed by atoms with van der Waals surface area (Å²) in [5.41, 5.74) is 6.82. The van der Waals surface area contributed by atoms with Gasteiger partial charge in [0.25, 0.3) is 0 Å². The van der Waals surface area contributed by atoms with Crippen LogP contribution in [0.2, 0.25) is 0 Å². The molecule has 3 aliphatic rings. The van der Waals surface area contributed by atoms with Crippen LogP contribution in [0.15, 0.2) is 21.9 Å². The standard InChI is InChI=1S/C9H10N4O/c14-8-4-10-3-7-6(8)1-5-2-11-13-9(5)12-7/h3-6,11H,1-2H2,(H,12,13). The van der Waals surface area contributed by atoms with E-state index in [2.05, 4.69) is 20.8 Å². The van der Waals surface area contributed by atoms with Gasteiger partial charge < -0.3 is 5.43 Å². The van der Waals surface area contributed by atoms with Crippen LogP contribution in [0.4, 0.5) is 0 Å². The summed E-state index contributed by atoms with van der Waals surface area (Å²) in [6.45, 7) is 0.854. The molecule has 3 heterocycles. The molecule has 0 aromatic carbocycles. The second kappa shape index (κ2) is 2.75. The fraction of sp³-hybridized carbons (Fsp3) is 0.444. The second-order valence-electron chi connectivity index (χ2n) is 3.72. The molecule has 0 amide bonds. The van der Waals surface area contributed by atoms with E-state index in [-0.39, 0.29) is 11.7 Å². The molecule has 1 saturated heterocycles. The minimum Gasteiger partial charge on any atom is -0.309 e. The summed E-state index contributed by atoms with van der Waals surface area (Å²) in [4.78, 5) is 19.8. The van der Waals surface area contributed by atoms with Gasteiger partial charge in [0, 0.05) is 18.7 Å². The number of aliphatic imine (C=N–C) groups is 2. The molecule has 2 atom stereocenters. The highest BCUT2D eigenvalue weighted by Crippen LogP contribution is 2.30. The first-order valence-electron chi connectivity index (χ1n) is 4.69. The quantitative estimate of drug-likeness (QED) is 0.547. The van der Waals surface area contributed by atoms with Gasteiger partial charge in [-0.1, -0.05) is 0 Å². The molecule has 14 heavy (non-hydrogen) atoms. The van der Waals surface area contributed by atoms with Gasteiger partial charge in [-0.2, -0.15) is 0 Å². The maximum absolute atomic E-state index is 11.5. The summed E-state index contributed by atoms with van der Waals surface area (Å²) >= 11 is 0. The molecule has 0 bridgehead atoms. The van der Waals surface area contributed by atoms with Crippen molar-refractivity contribution < 1.29 is 4.79 Å². The first kappa shape index (κ1) is 7.87. The van der Waals surface area contributed by atoms with Crippen molar-refractivity contribution in [1.29, 1.82) is 0 Å². The zero-order valence-corrected chi connectivity index (χ0v) is 7.53. The molecule has 5 nitrogen and oxygen atoms in total. The van der Waals surface area contributed by atoms with Gasteiger partial charge in [0.05, 0.1) is 17.8 Å². The predicted molar refractivity (Wildman–Crippen MR) is 51.8 cm³/mol. The van der Waals surface area contributed by atoms with Crippen molar-refractivity contribution >= 4 is 17.8 Å². The molecule has 2 N–H and O–H groups in total. The van der Waals surface area contributed by atoms with Gasteiger partial charge >= 0.3 is 0 Å². The van der Waals surface area contributed by atoms with Crippen LogP contribution in [0.5, 0.6) is 0 Å². The number of hydrogen-bond acceptors (Lipinski definition) is 5. The molecular weight excluding hydrogens is 180 g/mol. The Kier molecular flexibility index (Phi) is 1.55. The average molecular weight is 190 g/mol. The summed E-state index contributed by atoms with van der Waals surface area (Å²) in [6, 6.07) is 0. The fourth-order valence-corrected chi connectivity index (χ4v) is 2.06. The first-order valence-corrected chi connectivity index (χ1v) is 4.69. The van der Waals surface area contributed by atoms with E-state index in [0.29, 0.717) is 5.92 Å². The van der Waals surface area contributed by atoms with Crippen molar-refractivity contribution in [3.63, 3.8) is 0 Å². The largest absolute Gasteiger partial charge is 0.309 e. The van der Waals surface area contributed by atoms with E-state index in [1.807, 2.05) is 0 Å². The minimum atomic E-state index is -0.0667. The Balaban J connectivity index is 2.01. The minimum absolute atomic E-state index is 0.0667. The van der Waals surface area contributed by atoms with Crippen molar-refractivity contribution in [3.05, 3.63) is 11.9 Å². The van der Waals surface area contributed by atoms with Crippen molar-refractivity contribution in [2.24, 2.45) is 21.8 Å². The van der Waals surface area contributed by atoms with Crippen molar-refractivity contribution in [2.45, 2.75) is 6.42 Å². The molecule has 5 heteroatoms. The van der Waals surface area contributed by atoms with Crippen molar-refractivity contribution in [2.75, 3.05) is 6.54 Å². The monoisotopic (exact) mass is 190 g/mol. The summed E-state index contributed by atoms with van der Waals surface area (Å²) in [5.74, 6) is 1.31. The third-order valence-corrected chi connectivity index (χ3v) is 2.83. The van der Waals surface area contributed by atoms with E-state index in [9.17, 15) is 4.79 Å². The van der Waals surface area contributed by atoms with Crippen LogP contribution in [-0.4, -0.2) is 24.4 Å². The molecule has 0 aromatic rings. The van der Waals surface area contributed by atoms with E-state index < -0.39 is 0 Å². The van der Waals surface area contributed by atoms with Gasteiger partial charge in [-0.15, -0.1) is 0 Å². The Bertz CT molecular complexity index is 382. The van der Waals surface area contributed by atoms with E-state index in [0.717, 1.165) is 24.5 Å². The Morgan fingerprint density at radius 3 is 3.36 bits per heavy atom. The number of allylic oxidation sites excluding steroid dienone is 1. The van der Waals surface area contributed by atoms with Gasteiger partial charge in [-0.3, -0.25) is 9.79 Å². The predicted octanol–water partition coefficient (Wildman–Crippen LogP) is -0.376. The third kappa shape index (κ3) is 1.02. The lowest BCUT2D eigenvalue weighted by molar-refractivity contribution is -0.115. The summed E-state index contributed by atoms with van der Waals surface area (Å²) in [5, 5.41) is 0. The zero-order chi connectivity index (χ0) is 9.54. The van der Waals surface area contributed by atoms with Crippen molar-refractivity contribution in [1.82, 2.24) is 10.9 Å². The van der Waals surface area contributed by atoms with Gasteiger partial charge in [0.15, 0.2) is 5.78 Å². The number of hydrogen-bond donors (Lipinski definition) is 2. The van der Waals surface area contributed by atoms with Gasteiger partial charge in [-0.05, 0) is 6.42 Å². The molecular formula is C9H10N4O. The van der Waals surface area contributed by atoms with Crippen LogP contribution in [0.3, 0.4) is 0 Å². The lowest BCUT2D eigenvalue weighted by Gasteiger charge is -2.24. The Labute approximate surface area is 81.0 Å². The lowest BCUT2D eigenvalue weighted by Crippen LogP contribution is -2.33. The van der Waals surface area contributed by atoms with Crippen LogP contribution in [-0.2, 0) is 4.79 Å². The van der Waals surface area contributed by atoms with Crippen LogP contribution in [0.1, 0.15) is 6.42 Å². The molecule has 0 aromatic heterocycles. The van der Waals surface area contributed by atoms with Gasteiger partial charge in [0.1, 0.15) is 5.84 Å². The molecule has 0 spiro atoms. The van der Waals surface area contributed by atoms with Crippen LogP contribution >= 0.6 is 0 Å². The lowest BCUT2D eigenvalue weighted by atomic mass is 9.85. The Morgan fingerprint density at radius 1 is 1.50 bits per heavy atom. The SMILES string of the molecule is O=C1C=NC=C2N=C3NNCC3CC12. The molecule has 0 aliphatic carbocycles. The second-order valence-corrected chi connectivity index (χ2v) is 3.72. The summed E-state index contributed by atoms with van der Waals surface area (Å²) in [6.07, 6.45) is 3.91. The number of amidine groups is 1. The van der Waals surface area contributed by atoms with E-state index in [1.54, 1.807) is 6.20 Å². The maximum atomic E-state index is 11.5. The Morgan fingerprint density at radius 2 is 2.43 bits per heavy atom. The number of carbonyl (C=O) groups excluding carboxylic acids is 1. The zero-order valence-electron chi connectivity index (χ0n) is 7.53. The third-order valence-electron chi connectivity index (χ3n) is 2.83. The molecule has 3 aliphatic heterocycles. The number of hydrazine groups is 1. The normalized spacial score (nSPS) is 34.1. The number of Topliss-reactive ketones (excluding diaryl/α,β-unsaturated/α-hetero) is 1. The van der Waals surface area contributed by atoms with Gasteiger partial charge in [-0.25, -0.2) is 10.4 Å². The highest BCUT2D eigenvalue weighted by molar-refractivity contribution is 6.30. The van der Waals surface area contributed by atoms with E-state index >= 15 is 0 Å². The molecule has 1 fully saturated rings. The fourth-order valence-electron chi connectivity index (χ4n) is 2.06. The number of rotatable bonds is 0. The average Bonchev–Trinajstić information content (AvgIpc) is 2.62. The number of ketones is 1. The first-order chi connectivity index (χ1) is 6.84. The smallest absolute Gasteiger partial charge is 0.182 e. The topological polar surface area (TPSA) is 65.8 Å². The number of carbonyl (C=O) groups is 1. The number of nitrogens with one attached hydrogen (secondary N) is 2. The molecule has 0 radical (unpaired) electrons. The van der Waals surface area contributed by atoms with Crippen LogP contribution in [0.25, 0.3) is 0 Å². The van der Waals surface area contributed by atoms with Crippen LogP contribution < -0.4 is 10.9 Å². The highest BCUT2D eigenvalue weighted by atomic mass is 16.1. The summed E-state index contributed by atoms with van der Waals surface area (Å²) < 4.78 is 0. The van der Waals surface area contributed by atoms with E-state index in [4.69, 9.17) is 0 Å². The van der Waals surface area contributed by atoms with Crippen LogP contribution in [0, 0.1) is 11.8 Å². The molecule has 0 saturated carbocycles.